The molecule has 4 N–H and O–H groups in total. The van der Waals surface area contributed by atoms with Gasteiger partial charge in [-0.05, 0) is 12.8 Å². The predicted octanol–water partition coefficient (Wildman–Crippen LogP) is 0.997. The Balaban J connectivity index is 2.36. The lowest BCUT2D eigenvalue weighted by atomic mass is 10.1. The van der Waals surface area contributed by atoms with E-state index in [0.717, 1.165) is 25.9 Å². The lowest BCUT2D eigenvalue weighted by Crippen LogP contribution is -2.51. The highest BCUT2D eigenvalue weighted by Gasteiger charge is 2.28. The molecule has 2 rings (SSSR count). The number of aromatic nitrogens is 2. The molecule has 0 saturated carbocycles. The first-order chi connectivity index (χ1) is 9.62. The van der Waals surface area contributed by atoms with Crippen LogP contribution < -0.4 is 16.4 Å². The van der Waals surface area contributed by atoms with Crippen LogP contribution in [0.1, 0.15) is 43.1 Å². The Hall–Kier alpha value is -1.76. The highest BCUT2D eigenvalue weighted by molar-refractivity contribution is 5.99. The zero-order valence-electron chi connectivity index (χ0n) is 12.3. The summed E-state index contributed by atoms with van der Waals surface area (Å²) in [6.07, 6.45) is 1.82. The van der Waals surface area contributed by atoms with Gasteiger partial charge in [-0.25, -0.2) is 9.48 Å². The van der Waals surface area contributed by atoms with E-state index >= 15 is 0 Å². The van der Waals surface area contributed by atoms with E-state index in [1.54, 1.807) is 4.68 Å². The molecule has 0 amide bonds. The van der Waals surface area contributed by atoms with Gasteiger partial charge in [0.2, 0.25) is 0 Å². The van der Waals surface area contributed by atoms with E-state index in [1.165, 1.54) is 7.11 Å². The Morgan fingerprint density at radius 2 is 2.20 bits per heavy atom. The lowest BCUT2D eigenvalue weighted by Gasteiger charge is -2.28. The second kappa shape index (κ2) is 6.13. The Morgan fingerprint density at radius 1 is 1.55 bits per heavy atom. The number of nitrogen functional groups attached to an aromatic ring is 1. The van der Waals surface area contributed by atoms with Crippen molar-refractivity contribution in [2.45, 2.75) is 38.8 Å². The van der Waals surface area contributed by atoms with Crippen molar-refractivity contribution < 1.29 is 9.53 Å². The molecular formula is C13H23N5O2. The number of hydrogen-bond acceptors (Lipinski definition) is 6. The molecule has 0 aromatic carbocycles. The third kappa shape index (κ3) is 2.58. The summed E-state index contributed by atoms with van der Waals surface area (Å²) in [5.41, 5.74) is 6.45. The van der Waals surface area contributed by atoms with Gasteiger partial charge in [-0.3, -0.25) is 0 Å². The number of nitrogens with one attached hydrogen (secondary N) is 2. The van der Waals surface area contributed by atoms with E-state index in [1.807, 2.05) is 0 Å². The van der Waals surface area contributed by atoms with Crippen LogP contribution in [-0.2, 0) is 4.74 Å². The van der Waals surface area contributed by atoms with Crippen molar-refractivity contribution in [3.63, 3.8) is 0 Å². The third-order valence-electron chi connectivity index (χ3n) is 3.75. The van der Waals surface area contributed by atoms with Crippen molar-refractivity contribution in [3.8, 4) is 0 Å². The molecule has 1 aromatic rings. The molecule has 1 fully saturated rings. The van der Waals surface area contributed by atoms with Crippen LogP contribution in [0.5, 0.6) is 0 Å². The Labute approximate surface area is 118 Å². The maximum Gasteiger partial charge on any atom is 0.345 e. The number of carbonyl (C=O) groups is 1. The molecule has 0 aliphatic carbocycles. The molecule has 7 heteroatoms. The SMILES string of the molecule is CCC(CC)n1nc(NC2CNC2)c(C(=O)OC)c1N. The molecular weight excluding hydrogens is 258 g/mol. The molecule has 1 aromatic heterocycles. The van der Waals surface area contributed by atoms with Gasteiger partial charge in [0.25, 0.3) is 0 Å². The number of nitrogens with zero attached hydrogens (tertiary/aromatic N) is 2. The second-order valence-electron chi connectivity index (χ2n) is 5.01. The van der Waals surface area contributed by atoms with Gasteiger partial charge in [-0.2, -0.15) is 5.10 Å². The van der Waals surface area contributed by atoms with E-state index in [-0.39, 0.29) is 12.1 Å². The summed E-state index contributed by atoms with van der Waals surface area (Å²) >= 11 is 0. The molecule has 1 aliphatic rings. The molecule has 0 spiro atoms. The van der Waals surface area contributed by atoms with Crippen LogP contribution in [0.25, 0.3) is 0 Å². The number of hydrogen-bond donors (Lipinski definition) is 3. The molecule has 20 heavy (non-hydrogen) atoms. The van der Waals surface area contributed by atoms with Gasteiger partial charge in [-0.1, -0.05) is 13.8 Å². The smallest absolute Gasteiger partial charge is 0.345 e. The average Bonchev–Trinajstić information content (AvgIpc) is 2.72. The minimum atomic E-state index is -0.450. The summed E-state index contributed by atoms with van der Waals surface area (Å²) in [6, 6.07) is 0.469. The quantitative estimate of drug-likeness (QED) is 0.673. The van der Waals surface area contributed by atoms with Gasteiger partial charge in [0.15, 0.2) is 5.82 Å². The summed E-state index contributed by atoms with van der Waals surface area (Å²) in [5.74, 6) is 0.447. The van der Waals surface area contributed by atoms with Crippen LogP contribution in [0.2, 0.25) is 0 Å². The maximum absolute atomic E-state index is 11.9. The molecule has 1 saturated heterocycles. The van der Waals surface area contributed by atoms with Crippen LogP contribution in [-0.4, -0.2) is 42.0 Å². The minimum absolute atomic E-state index is 0.188. The maximum atomic E-state index is 11.9. The van der Waals surface area contributed by atoms with Crippen LogP contribution in [0.15, 0.2) is 0 Å². The number of anilines is 2. The standard InChI is InChI=1S/C13H23N5O2/c1-4-9(5-2)18-11(14)10(13(19)20-3)12(17-18)16-8-6-15-7-8/h8-9,15H,4-7,14H2,1-3H3,(H,16,17). The first-order valence-electron chi connectivity index (χ1n) is 7.05. The number of esters is 1. The van der Waals surface area contributed by atoms with E-state index < -0.39 is 5.97 Å². The Kier molecular flexibility index (Phi) is 4.49. The summed E-state index contributed by atoms with van der Waals surface area (Å²) in [6.45, 7) is 5.88. The normalized spacial score (nSPS) is 15.2. The fraction of sp³-hybridized carbons (Fsp3) is 0.692. The van der Waals surface area contributed by atoms with Gasteiger partial charge in [0.05, 0.1) is 19.2 Å². The van der Waals surface area contributed by atoms with Gasteiger partial charge < -0.3 is 21.1 Å². The highest BCUT2D eigenvalue weighted by Crippen LogP contribution is 2.28. The first kappa shape index (κ1) is 14.6. The fourth-order valence-electron chi connectivity index (χ4n) is 2.35. The van der Waals surface area contributed by atoms with Gasteiger partial charge in [-0.15, -0.1) is 0 Å². The summed E-state index contributed by atoms with van der Waals surface area (Å²) in [4.78, 5) is 11.9. The molecule has 7 nitrogen and oxygen atoms in total. The van der Waals surface area contributed by atoms with E-state index in [2.05, 4.69) is 29.6 Å². The highest BCUT2D eigenvalue weighted by atomic mass is 16.5. The largest absolute Gasteiger partial charge is 0.465 e. The Morgan fingerprint density at radius 3 is 2.65 bits per heavy atom. The van der Waals surface area contributed by atoms with Crippen molar-refractivity contribution in [2.75, 3.05) is 31.2 Å². The molecule has 0 unspecified atom stereocenters. The average molecular weight is 281 g/mol. The number of carbonyl (C=O) groups excluding carboxylic acids is 1. The van der Waals surface area contributed by atoms with Crippen LogP contribution in [0.3, 0.4) is 0 Å². The number of rotatable bonds is 6. The van der Waals surface area contributed by atoms with E-state index in [9.17, 15) is 4.79 Å². The topological polar surface area (TPSA) is 94.2 Å². The van der Waals surface area contributed by atoms with Gasteiger partial charge in [0, 0.05) is 13.1 Å². The molecule has 0 radical (unpaired) electrons. The van der Waals surface area contributed by atoms with Gasteiger partial charge in [0.1, 0.15) is 11.4 Å². The number of methoxy groups -OCH3 is 1. The first-order valence-corrected chi connectivity index (χ1v) is 7.05. The lowest BCUT2D eigenvalue weighted by molar-refractivity contribution is 0.0603. The van der Waals surface area contributed by atoms with Gasteiger partial charge >= 0.3 is 5.97 Å². The zero-order valence-corrected chi connectivity index (χ0v) is 12.3. The summed E-state index contributed by atoms with van der Waals surface area (Å²) in [5, 5.41) is 10.9. The summed E-state index contributed by atoms with van der Waals surface area (Å²) in [7, 11) is 1.35. The number of ether oxygens (including phenoxy) is 1. The molecule has 2 heterocycles. The van der Waals surface area contributed by atoms with E-state index in [0.29, 0.717) is 17.2 Å². The number of nitrogens with two attached hydrogens (primary N) is 1. The van der Waals surface area contributed by atoms with Crippen molar-refractivity contribution in [1.82, 2.24) is 15.1 Å². The van der Waals surface area contributed by atoms with Crippen molar-refractivity contribution >= 4 is 17.6 Å². The van der Waals surface area contributed by atoms with E-state index in [4.69, 9.17) is 10.5 Å². The molecule has 1 aliphatic heterocycles. The Bertz CT molecular complexity index is 477. The molecule has 0 atom stereocenters. The molecule has 112 valence electrons. The second-order valence-corrected chi connectivity index (χ2v) is 5.01. The van der Waals surface area contributed by atoms with Crippen molar-refractivity contribution in [1.29, 1.82) is 0 Å². The zero-order chi connectivity index (χ0) is 14.7. The third-order valence-corrected chi connectivity index (χ3v) is 3.75. The molecule has 0 bridgehead atoms. The van der Waals surface area contributed by atoms with Crippen LogP contribution in [0.4, 0.5) is 11.6 Å². The van der Waals surface area contributed by atoms with Crippen LogP contribution >= 0.6 is 0 Å². The fourth-order valence-corrected chi connectivity index (χ4v) is 2.35. The van der Waals surface area contributed by atoms with Crippen molar-refractivity contribution in [2.24, 2.45) is 0 Å². The predicted molar refractivity (Wildman–Crippen MR) is 77.9 cm³/mol. The minimum Gasteiger partial charge on any atom is -0.465 e. The summed E-state index contributed by atoms with van der Waals surface area (Å²) < 4.78 is 6.56. The van der Waals surface area contributed by atoms with Crippen LogP contribution in [0, 0.1) is 0 Å². The van der Waals surface area contributed by atoms with Crippen molar-refractivity contribution in [3.05, 3.63) is 5.56 Å². The monoisotopic (exact) mass is 281 g/mol.